The van der Waals surface area contributed by atoms with Gasteiger partial charge in [0.1, 0.15) is 12.8 Å². The first kappa shape index (κ1) is 8.21. The molecular weight excluding hydrogens is 143 g/mol. The maximum absolute atomic E-state index is 12.0. The largest absolute Gasteiger partial charge is 0.386 e. The third kappa shape index (κ3) is 2.02. The van der Waals surface area contributed by atoms with E-state index in [1.807, 2.05) is 19.1 Å². The molecule has 1 rings (SSSR count). The van der Waals surface area contributed by atoms with Crippen molar-refractivity contribution in [2.45, 2.75) is 13.0 Å². The third-order valence-electron chi connectivity index (χ3n) is 1.57. The van der Waals surface area contributed by atoms with Crippen LogP contribution < -0.4 is 0 Å². The molecule has 0 saturated heterocycles. The number of rotatable bonds is 2. The summed E-state index contributed by atoms with van der Waals surface area (Å²) in [6.45, 7) is 1.19. The molecule has 1 aromatic rings. The summed E-state index contributed by atoms with van der Waals surface area (Å²) < 4.78 is 12.0. The summed E-state index contributed by atoms with van der Waals surface area (Å²) in [6, 6.07) is 7.22. The molecule has 1 atom stereocenters. The van der Waals surface area contributed by atoms with Gasteiger partial charge in [0, 0.05) is 0 Å². The number of aliphatic hydroxyl groups is 1. The molecule has 0 saturated carbocycles. The molecule has 0 radical (unpaired) electrons. The number of aryl methyl sites for hydroxylation is 1. The van der Waals surface area contributed by atoms with E-state index < -0.39 is 12.8 Å². The minimum Gasteiger partial charge on any atom is -0.386 e. The lowest BCUT2D eigenvalue weighted by molar-refractivity contribution is 0.141. The predicted molar refractivity (Wildman–Crippen MR) is 42.1 cm³/mol. The van der Waals surface area contributed by atoms with Crippen molar-refractivity contribution in [1.29, 1.82) is 0 Å². The van der Waals surface area contributed by atoms with Crippen LogP contribution in [0.3, 0.4) is 0 Å². The second-order valence-corrected chi connectivity index (χ2v) is 2.58. The molecule has 1 N–H and O–H groups in total. The van der Waals surface area contributed by atoms with Gasteiger partial charge < -0.3 is 5.11 Å². The molecule has 2 heteroatoms. The molecular formula is C9H11FO. The van der Waals surface area contributed by atoms with E-state index in [4.69, 9.17) is 5.11 Å². The molecule has 0 unspecified atom stereocenters. The molecule has 0 aliphatic heterocycles. The highest BCUT2D eigenvalue weighted by molar-refractivity contribution is 5.23. The van der Waals surface area contributed by atoms with Crippen molar-refractivity contribution in [3.05, 3.63) is 35.4 Å². The molecule has 1 nitrogen and oxygen atoms in total. The van der Waals surface area contributed by atoms with Crippen LogP contribution in [-0.4, -0.2) is 11.8 Å². The quantitative estimate of drug-likeness (QED) is 0.690. The Balaban J connectivity index is 2.86. The first-order valence-electron chi connectivity index (χ1n) is 3.54. The van der Waals surface area contributed by atoms with Gasteiger partial charge in [0.15, 0.2) is 0 Å². The van der Waals surface area contributed by atoms with Gasteiger partial charge in [0.05, 0.1) is 0 Å². The maximum atomic E-state index is 12.0. The van der Waals surface area contributed by atoms with Gasteiger partial charge in [0.25, 0.3) is 0 Å². The van der Waals surface area contributed by atoms with E-state index in [9.17, 15) is 4.39 Å². The number of alkyl halides is 1. The predicted octanol–water partition coefficient (Wildman–Crippen LogP) is 2.00. The minimum atomic E-state index is -0.963. The molecule has 0 aliphatic carbocycles. The van der Waals surface area contributed by atoms with Gasteiger partial charge in [-0.1, -0.05) is 29.8 Å². The number of halogens is 1. The highest BCUT2D eigenvalue weighted by Crippen LogP contribution is 2.13. The van der Waals surface area contributed by atoms with Crippen LogP contribution >= 0.6 is 0 Å². The molecule has 11 heavy (non-hydrogen) atoms. The molecule has 0 spiro atoms. The molecule has 0 aliphatic rings. The van der Waals surface area contributed by atoms with E-state index in [1.54, 1.807) is 12.1 Å². The molecule has 0 fully saturated rings. The van der Waals surface area contributed by atoms with Crippen molar-refractivity contribution < 1.29 is 9.50 Å². The SMILES string of the molecule is Cc1cccc([C@@H](O)CF)c1. The minimum absolute atomic E-state index is 0.646. The van der Waals surface area contributed by atoms with Gasteiger partial charge in [-0.25, -0.2) is 4.39 Å². The second-order valence-electron chi connectivity index (χ2n) is 2.58. The number of benzene rings is 1. The molecule has 0 heterocycles. The van der Waals surface area contributed by atoms with Crippen LogP contribution in [0.1, 0.15) is 17.2 Å². The van der Waals surface area contributed by atoms with E-state index in [0.29, 0.717) is 5.56 Å². The lowest BCUT2D eigenvalue weighted by Crippen LogP contribution is -1.98. The van der Waals surface area contributed by atoms with Crippen LogP contribution in [-0.2, 0) is 0 Å². The van der Waals surface area contributed by atoms with Crippen LogP contribution in [0.25, 0.3) is 0 Å². The highest BCUT2D eigenvalue weighted by Gasteiger charge is 2.04. The van der Waals surface area contributed by atoms with E-state index in [2.05, 4.69) is 0 Å². The summed E-state index contributed by atoms with van der Waals surface area (Å²) in [5.74, 6) is 0. The van der Waals surface area contributed by atoms with Crippen molar-refractivity contribution in [1.82, 2.24) is 0 Å². The Morgan fingerprint density at radius 1 is 1.55 bits per heavy atom. The van der Waals surface area contributed by atoms with Gasteiger partial charge >= 0.3 is 0 Å². The fraction of sp³-hybridized carbons (Fsp3) is 0.333. The number of aliphatic hydroxyl groups excluding tert-OH is 1. The fourth-order valence-electron chi connectivity index (χ4n) is 0.966. The Morgan fingerprint density at radius 2 is 2.27 bits per heavy atom. The first-order chi connectivity index (χ1) is 5.24. The Kier molecular flexibility index (Phi) is 2.60. The maximum Gasteiger partial charge on any atom is 0.119 e. The van der Waals surface area contributed by atoms with Crippen molar-refractivity contribution in [3.63, 3.8) is 0 Å². The Hall–Kier alpha value is -0.890. The van der Waals surface area contributed by atoms with Crippen LogP contribution in [0.2, 0.25) is 0 Å². The van der Waals surface area contributed by atoms with Gasteiger partial charge in [0.2, 0.25) is 0 Å². The summed E-state index contributed by atoms with van der Waals surface area (Å²) in [6.07, 6.45) is -0.963. The van der Waals surface area contributed by atoms with Gasteiger partial charge in [-0.15, -0.1) is 0 Å². The molecule has 60 valence electrons. The van der Waals surface area contributed by atoms with E-state index in [1.165, 1.54) is 0 Å². The summed E-state index contributed by atoms with van der Waals surface area (Å²) in [5.41, 5.74) is 1.68. The van der Waals surface area contributed by atoms with Crippen LogP contribution in [0, 0.1) is 6.92 Å². The van der Waals surface area contributed by atoms with E-state index in [0.717, 1.165) is 5.56 Å². The molecule has 0 bridgehead atoms. The van der Waals surface area contributed by atoms with Crippen molar-refractivity contribution in [2.24, 2.45) is 0 Å². The zero-order valence-electron chi connectivity index (χ0n) is 6.42. The summed E-state index contributed by atoms with van der Waals surface area (Å²) >= 11 is 0. The third-order valence-corrected chi connectivity index (χ3v) is 1.57. The number of hydrogen-bond acceptors (Lipinski definition) is 1. The summed E-state index contributed by atoms with van der Waals surface area (Å²) in [5, 5.41) is 9.08. The monoisotopic (exact) mass is 154 g/mol. The van der Waals surface area contributed by atoms with Gasteiger partial charge in [-0.2, -0.15) is 0 Å². The topological polar surface area (TPSA) is 20.2 Å². The van der Waals surface area contributed by atoms with E-state index in [-0.39, 0.29) is 0 Å². The van der Waals surface area contributed by atoms with Crippen molar-refractivity contribution in [2.75, 3.05) is 6.67 Å². The lowest BCUT2D eigenvalue weighted by Gasteiger charge is -2.05. The average Bonchev–Trinajstić information content (AvgIpc) is 2.03. The van der Waals surface area contributed by atoms with Crippen molar-refractivity contribution in [3.8, 4) is 0 Å². The highest BCUT2D eigenvalue weighted by atomic mass is 19.1. The lowest BCUT2D eigenvalue weighted by atomic mass is 10.1. The zero-order chi connectivity index (χ0) is 8.27. The normalized spacial score (nSPS) is 13.0. The summed E-state index contributed by atoms with van der Waals surface area (Å²) in [7, 11) is 0. The standard InChI is InChI=1S/C9H11FO/c1-7-3-2-4-8(5-7)9(11)6-10/h2-5,9,11H,6H2,1H3/t9-/m0/s1. The first-order valence-corrected chi connectivity index (χ1v) is 3.54. The van der Waals surface area contributed by atoms with Crippen LogP contribution in [0.4, 0.5) is 4.39 Å². The smallest absolute Gasteiger partial charge is 0.119 e. The molecule has 0 aromatic heterocycles. The Labute approximate surface area is 65.5 Å². The molecule has 1 aromatic carbocycles. The van der Waals surface area contributed by atoms with Gasteiger partial charge in [-0.05, 0) is 12.5 Å². The van der Waals surface area contributed by atoms with Gasteiger partial charge in [-0.3, -0.25) is 0 Å². The van der Waals surface area contributed by atoms with Crippen molar-refractivity contribution >= 4 is 0 Å². The summed E-state index contributed by atoms with van der Waals surface area (Å²) in [4.78, 5) is 0. The zero-order valence-corrected chi connectivity index (χ0v) is 6.42. The van der Waals surface area contributed by atoms with Crippen LogP contribution in [0.5, 0.6) is 0 Å². The molecule has 0 amide bonds. The average molecular weight is 154 g/mol. The Bertz CT molecular complexity index is 235. The number of hydrogen-bond donors (Lipinski definition) is 1. The Morgan fingerprint density at radius 3 is 2.82 bits per heavy atom. The second kappa shape index (κ2) is 3.49. The van der Waals surface area contributed by atoms with E-state index >= 15 is 0 Å². The fourth-order valence-corrected chi connectivity index (χ4v) is 0.966. The van der Waals surface area contributed by atoms with Crippen LogP contribution in [0.15, 0.2) is 24.3 Å².